The molecular weight excluding hydrogens is 310 g/mol. The average molecular weight is 328 g/mol. The van der Waals surface area contributed by atoms with Crippen molar-refractivity contribution in [1.29, 1.82) is 0 Å². The van der Waals surface area contributed by atoms with E-state index in [1.54, 1.807) is 12.5 Å². The molecule has 124 valence electrons. The van der Waals surface area contributed by atoms with Crippen molar-refractivity contribution in [2.45, 2.75) is 25.6 Å². The Morgan fingerprint density at radius 2 is 2.04 bits per heavy atom. The Morgan fingerprint density at radius 3 is 2.88 bits per heavy atom. The van der Waals surface area contributed by atoms with Crippen LogP contribution in [0.3, 0.4) is 0 Å². The standard InChI is InChI=1S/C19H18F2N2O/c20-16-4-5-17(21)15(11-16)12-23-9-2-8-22-7-1-3-18(22)19(23)14-6-10-24-13-14/h1,3-7,10-11,13,19H,2,8-9,12H2/t19-/m0/s1. The van der Waals surface area contributed by atoms with Crippen LogP contribution in [-0.2, 0) is 13.1 Å². The Bertz CT molecular complexity index is 826. The number of hydrogen-bond acceptors (Lipinski definition) is 2. The highest BCUT2D eigenvalue weighted by Crippen LogP contribution is 2.33. The molecule has 4 rings (SSSR count). The maximum absolute atomic E-state index is 14.1. The molecule has 24 heavy (non-hydrogen) atoms. The van der Waals surface area contributed by atoms with Gasteiger partial charge in [-0.15, -0.1) is 0 Å². The van der Waals surface area contributed by atoms with E-state index in [4.69, 9.17) is 4.42 Å². The van der Waals surface area contributed by atoms with Crippen molar-refractivity contribution in [3.63, 3.8) is 0 Å². The molecule has 1 aliphatic heterocycles. The SMILES string of the molecule is Fc1ccc(F)c(CN2CCCn3cccc3[C@@H]2c2ccoc2)c1. The van der Waals surface area contributed by atoms with Crippen LogP contribution in [0, 0.1) is 11.6 Å². The van der Waals surface area contributed by atoms with E-state index in [2.05, 4.69) is 21.7 Å². The second-order valence-electron chi connectivity index (χ2n) is 6.15. The quantitative estimate of drug-likeness (QED) is 0.712. The van der Waals surface area contributed by atoms with Crippen LogP contribution in [0.15, 0.2) is 59.5 Å². The van der Waals surface area contributed by atoms with Gasteiger partial charge in [0, 0.05) is 42.7 Å². The van der Waals surface area contributed by atoms with Crippen molar-refractivity contribution in [2.24, 2.45) is 0 Å². The number of rotatable bonds is 3. The zero-order valence-corrected chi connectivity index (χ0v) is 13.2. The molecule has 0 unspecified atom stereocenters. The number of fused-ring (bicyclic) bond motifs is 1. The summed E-state index contributed by atoms with van der Waals surface area (Å²) in [6.45, 7) is 2.07. The first kappa shape index (κ1) is 15.1. The molecule has 1 aromatic carbocycles. The minimum absolute atomic E-state index is 0.0380. The lowest BCUT2D eigenvalue weighted by atomic mass is 10.0. The summed E-state index contributed by atoms with van der Waals surface area (Å²) in [6, 6.07) is 9.63. The minimum atomic E-state index is -0.413. The highest BCUT2D eigenvalue weighted by molar-refractivity contribution is 5.28. The molecule has 1 aliphatic rings. The van der Waals surface area contributed by atoms with Gasteiger partial charge >= 0.3 is 0 Å². The number of benzene rings is 1. The summed E-state index contributed by atoms with van der Waals surface area (Å²) in [5, 5.41) is 0. The Balaban J connectivity index is 1.74. The van der Waals surface area contributed by atoms with Gasteiger partial charge in [0.15, 0.2) is 0 Å². The third-order valence-electron chi connectivity index (χ3n) is 4.59. The molecule has 0 N–H and O–H groups in total. The first-order valence-electron chi connectivity index (χ1n) is 8.07. The molecule has 1 atom stereocenters. The average Bonchev–Trinajstić information content (AvgIpc) is 3.22. The van der Waals surface area contributed by atoms with Gasteiger partial charge in [-0.1, -0.05) is 0 Å². The van der Waals surface area contributed by atoms with Gasteiger partial charge < -0.3 is 8.98 Å². The van der Waals surface area contributed by atoms with E-state index in [0.29, 0.717) is 12.1 Å². The first-order valence-corrected chi connectivity index (χ1v) is 8.07. The smallest absolute Gasteiger partial charge is 0.127 e. The largest absolute Gasteiger partial charge is 0.472 e. The van der Waals surface area contributed by atoms with Gasteiger partial charge in [0.1, 0.15) is 11.6 Å². The van der Waals surface area contributed by atoms with Gasteiger partial charge in [-0.3, -0.25) is 4.90 Å². The first-order chi connectivity index (χ1) is 11.7. The van der Waals surface area contributed by atoms with Crippen LogP contribution in [0.2, 0.25) is 0 Å². The number of hydrogen-bond donors (Lipinski definition) is 0. The number of nitrogens with zero attached hydrogens (tertiary/aromatic N) is 2. The normalized spacial score (nSPS) is 18.3. The van der Waals surface area contributed by atoms with Gasteiger partial charge in [0.05, 0.1) is 18.6 Å². The van der Waals surface area contributed by atoms with Crippen LogP contribution in [0.25, 0.3) is 0 Å². The van der Waals surface area contributed by atoms with Crippen molar-refractivity contribution < 1.29 is 13.2 Å². The Kier molecular flexibility index (Phi) is 3.94. The van der Waals surface area contributed by atoms with Gasteiger partial charge in [0.25, 0.3) is 0 Å². The fourth-order valence-corrected chi connectivity index (χ4v) is 3.51. The van der Waals surface area contributed by atoms with Crippen LogP contribution in [-0.4, -0.2) is 16.0 Å². The molecule has 0 bridgehead atoms. The monoisotopic (exact) mass is 328 g/mol. The van der Waals surface area contributed by atoms with E-state index in [1.807, 2.05) is 12.1 Å². The number of halogens is 2. The van der Waals surface area contributed by atoms with Gasteiger partial charge in [0.2, 0.25) is 0 Å². The van der Waals surface area contributed by atoms with E-state index in [9.17, 15) is 8.78 Å². The van der Waals surface area contributed by atoms with Crippen LogP contribution < -0.4 is 0 Å². The Hall–Kier alpha value is -2.40. The predicted molar refractivity (Wildman–Crippen MR) is 86.4 cm³/mol. The second kappa shape index (κ2) is 6.24. The molecule has 0 spiro atoms. The topological polar surface area (TPSA) is 21.3 Å². The summed E-state index contributed by atoms with van der Waals surface area (Å²) in [5.41, 5.74) is 2.54. The molecule has 5 heteroatoms. The van der Waals surface area contributed by atoms with Crippen LogP contribution in [0.5, 0.6) is 0 Å². The molecule has 2 aromatic heterocycles. The van der Waals surface area contributed by atoms with Crippen molar-refractivity contribution in [1.82, 2.24) is 9.47 Å². The summed E-state index contributed by atoms with van der Waals surface area (Å²) >= 11 is 0. The molecule has 3 nitrogen and oxygen atoms in total. The number of aromatic nitrogens is 1. The second-order valence-corrected chi connectivity index (χ2v) is 6.15. The maximum atomic E-state index is 14.1. The summed E-state index contributed by atoms with van der Waals surface area (Å²) in [7, 11) is 0. The van der Waals surface area contributed by atoms with Crippen LogP contribution in [0.1, 0.15) is 29.3 Å². The molecule has 0 fully saturated rings. The van der Waals surface area contributed by atoms with Crippen molar-refractivity contribution in [3.8, 4) is 0 Å². The summed E-state index contributed by atoms with van der Waals surface area (Å²) in [6.07, 6.45) is 6.39. The minimum Gasteiger partial charge on any atom is -0.472 e. The summed E-state index contributed by atoms with van der Waals surface area (Å²) in [5.74, 6) is -0.786. The van der Waals surface area contributed by atoms with Crippen molar-refractivity contribution in [2.75, 3.05) is 6.54 Å². The maximum Gasteiger partial charge on any atom is 0.127 e. The predicted octanol–water partition coefficient (Wildman–Crippen LogP) is 4.35. The molecule has 0 saturated carbocycles. The zero-order valence-electron chi connectivity index (χ0n) is 13.2. The molecular formula is C19H18F2N2O. The van der Waals surface area contributed by atoms with E-state index in [1.165, 1.54) is 12.1 Å². The fraction of sp³-hybridized carbons (Fsp3) is 0.263. The Labute approximate surface area is 139 Å². The van der Waals surface area contributed by atoms with Gasteiger partial charge in [-0.05, 0) is 42.8 Å². The van der Waals surface area contributed by atoms with Crippen LogP contribution in [0.4, 0.5) is 8.78 Å². The van der Waals surface area contributed by atoms with E-state index >= 15 is 0 Å². The number of aryl methyl sites for hydroxylation is 1. The fourth-order valence-electron chi connectivity index (χ4n) is 3.51. The lowest BCUT2D eigenvalue weighted by Gasteiger charge is -2.29. The van der Waals surface area contributed by atoms with Gasteiger partial charge in [-0.25, -0.2) is 8.78 Å². The third-order valence-corrected chi connectivity index (χ3v) is 4.59. The molecule has 3 heterocycles. The molecule has 0 aliphatic carbocycles. The van der Waals surface area contributed by atoms with E-state index < -0.39 is 5.82 Å². The Morgan fingerprint density at radius 1 is 1.12 bits per heavy atom. The third kappa shape index (κ3) is 2.76. The van der Waals surface area contributed by atoms with Gasteiger partial charge in [-0.2, -0.15) is 0 Å². The summed E-state index contributed by atoms with van der Waals surface area (Å²) < 4.78 is 35.1. The van der Waals surface area contributed by atoms with E-state index in [-0.39, 0.29) is 11.9 Å². The lowest BCUT2D eigenvalue weighted by molar-refractivity contribution is 0.216. The highest BCUT2D eigenvalue weighted by Gasteiger charge is 2.28. The van der Waals surface area contributed by atoms with E-state index in [0.717, 1.165) is 36.8 Å². The lowest BCUT2D eigenvalue weighted by Crippen LogP contribution is -2.29. The molecule has 3 aromatic rings. The summed E-state index contributed by atoms with van der Waals surface area (Å²) in [4.78, 5) is 2.18. The zero-order chi connectivity index (χ0) is 16.5. The molecule has 0 radical (unpaired) electrons. The van der Waals surface area contributed by atoms with Crippen LogP contribution >= 0.6 is 0 Å². The van der Waals surface area contributed by atoms with Crippen molar-refractivity contribution >= 4 is 0 Å². The number of furan rings is 1. The highest BCUT2D eigenvalue weighted by atomic mass is 19.1. The molecule has 0 saturated heterocycles. The molecule has 0 amide bonds. The van der Waals surface area contributed by atoms with Crippen molar-refractivity contribution in [3.05, 3.63) is 83.6 Å².